The van der Waals surface area contributed by atoms with E-state index in [0.717, 1.165) is 31.0 Å². The van der Waals surface area contributed by atoms with Gasteiger partial charge in [-0.05, 0) is 69.9 Å². The van der Waals surface area contributed by atoms with Gasteiger partial charge in [0, 0.05) is 24.3 Å². The lowest BCUT2D eigenvalue weighted by Gasteiger charge is -2.40. The minimum absolute atomic E-state index is 0.0119. The number of rotatable bonds is 7. The van der Waals surface area contributed by atoms with Gasteiger partial charge >= 0.3 is 12.4 Å². The maximum Gasteiger partial charge on any atom is 0.416 e. The van der Waals surface area contributed by atoms with Crippen LogP contribution in [0.3, 0.4) is 0 Å². The number of nitrogens with zero attached hydrogens (tertiary/aromatic N) is 2. The maximum absolute atomic E-state index is 13.1. The first-order valence-electron chi connectivity index (χ1n) is 12.5. The Kier molecular flexibility index (Phi) is 8.17. The van der Waals surface area contributed by atoms with Gasteiger partial charge in [0.05, 0.1) is 16.1 Å². The van der Waals surface area contributed by atoms with Gasteiger partial charge in [-0.15, -0.1) is 0 Å². The lowest BCUT2D eigenvalue weighted by Crippen LogP contribution is -2.55. The average Bonchev–Trinajstić information content (AvgIpc) is 3.12. The van der Waals surface area contributed by atoms with E-state index in [1.807, 2.05) is 5.32 Å². The number of fused-ring (bicyclic) bond motifs is 2. The lowest BCUT2D eigenvalue weighted by atomic mass is 9.96. The molecule has 0 spiro atoms. The molecule has 40 heavy (non-hydrogen) atoms. The van der Waals surface area contributed by atoms with Gasteiger partial charge < -0.3 is 20.3 Å². The predicted octanol–water partition coefficient (Wildman–Crippen LogP) is 5.52. The number of hydrogen-bond donors (Lipinski definition) is 2. The number of piperidine rings is 1. The van der Waals surface area contributed by atoms with Crippen LogP contribution in [0.1, 0.15) is 55.5 Å². The Morgan fingerprint density at radius 1 is 1.05 bits per heavy atom. The van der Waals surface area contributed by atoms with E-state index in [-0.39, 0.29) is 34.5 Å². The van der Waals surface area contributed by atoms with Gasteiger partial charge in [0.2, 0.25) is 0 Å². The van der Waals surface area contributed by atoms with Gasteiger partial charge in [0.25, 0.3) is 11.8 Å². The molecule has 4 rings (SSSR count). The topological polar surface area (TPSA) is 83.6 Å². The van der Waals surface area contributed by atoms with Gasteiger partial charge in [0.15, 0.2) is 5.60 Å². The molecule has 7 nitrogen and oxygen atoms in total. The summed E-state index contributed by atoms with van der Waals surface area (Å²) in [7, 11) is 0. The fourth-order valence-electron chi connectivity index (χ4n) is 5.07. The van der Waals surface area contributed by atoms with Crippen molar-refractivity contribution in [3.8, 4) is 5.75 Å². The first kappa shape index (κ1) is 29.8. The van der Waals surface area contributed by atoms with E-state index >= 15 is 0 Å². The van der Waals surface area contributed by atoms with E-state index in [4.69, 9.17) is 16.3 Å². The zero-order chi connectivity index (χ0) is 29.5. The molecule has 2 N–H and O–H groups in total. The van der Waals surface area contributed by atoms with Crippen molar-refractivity contribution in [3.05, 3.63) is 52.7 Å². The fraction of sp³-hybridized carbons (Fsp3) is 0.500. The van der Waals surface area contributed by atoms with Crippen molar-refractivity contribution in [1.29, 1.82) is 0 Å². The highest BCUT2D eigenvalue weighted by molar-refractivity contribution is 6.32. The summed E-state index contributed by atoms with van der Waals surface area (Å²) in [5.74, 6) is -0.784. The largest absolute Gasteiger partial charge is 0.476 e. The van der Waals surface area contributed by atoms with Crippen LogP contribution in [0.15, 0.2) is 36.5 Å². The number of carbonyl (C=O) groups excluding carboxylic acids is 2. The van der Waals surface area contributed by atoms with Crippen molar-refractivity contribution >= 4 is 29.2 Å². The number of benzene rings is 1. The smallest absolute Gasteiger partial charge is 0.416 e. The van der Waals surface area contributed by atoms with Crippen LogP contribution in [0.5, 0.6) is 5.75 Å². The zero-order valence-corrected chi connectivity index (χ0v) is 22.3. The summed E-state index contributed by atoms with van der Waals surface area (Å²) in [4.78, 5) is 31.5. The van der Waals surface area contributed by atoms with E-state index in [1.54, 1.807) is 6.07 Å². The van der Waals surface area contributed by atoms with Crippen LogP contribution in [-0.4, -0.2) is 53.2 Å². The van der Waals surface area contributed by atoms with Crippen molar-refractivity contribution in [2.75, 3.05) is 11.4 Å². The second-order valence-electron chi connectivity index (χ2n) is 10.4. The van der Waals surface area contributed by atoms with Gasteiger partial charge in [-0.25, -0.2) is 4.98 Å². The van der Waals surface area contributed by atoms with Gasteiger partial charge in [-0.2, -0.15) is 26.3 Å². The summed E-state index contributed by atoms with van der Waals surface area (Å²) >= 11 is 5.98. The van der Waals surface area contributed by atoms with E-state index in [9.17, 15) is 35.9 Å². The number of aromatic nitrogens is 1. The molecule has 2 atom stereocenters. The van der Waals surface area contributed by atoms with Gasteiger partial charge in [-0.1, -0.05) is 11.6 Å². The molecule has 2 fully saturated rings. The summed E-state index contributed by atoms with van der Waals surface area (Å²) in [6.45, 7) is 1.56. The maximum atomic E-state index is 13.1. The van der Waals surface area contributed by atoms with E-state index < -0.39 is 41.9 Å². The summed E-state index contributed by atoms with van der Waals surface area (Å²) in [6, 6.07) is 5.55. The summed E-state index contributed by atoms with van der Waals surface area (Å²) in [6.07, 6.45) is -4.98. The molecule has 2 amide bonds. The molecular formula is C26H27ClF6N4O3. The average molecular weight is 593 g/mol. The number of halogens is 7. The highest BCUT2D eigenvalue weighted by Crippen LogP contribution is 2.39. The van der Waals surface area contributed by atoms with Crippen LogP contribution in [0.25, 0.3) is 0 Å². The normalized spacial score (nSPS) is 21.2. The monoisotopic (exact) mass is 592 g/mol. The van der Waals surface area contributed by atoms with Crippen molar-refractivity contribution in [2.45, 2.75) is 75.6 Å². The second kappa shape index (κ2) is 11.0. The Bertz CT molecular complexity index is 1240. The molecule has 0 aliphatic carbocycles. The Morgan fingerprint density at radius 3 is 2.23 bits per heavy atom. The van der Waals surface area contributed by atoms with Crippen LogP contribution >= 0.6 is 11.6 Å². The third kappa shape index (κ3) is 6.91. The molecule has 218 valence electrons. The van der Waals surface area contributed by atoms with Crippen molar-refractivity contribution in [1.82, 2.24) is 15.6 Å². The van der Waals surface area contributed by atoms with Crippen LogP contribution < -0.4 is 20.3 Å². The Balaban J connectivity index is 1.35. The molecule has 3 heterocycles. The number of carbonyl (C=O) groups is 2. The third-order valence-corrected chi connectivity index (χ3v) is 7.26. The van der Waals surface area contributed by atoms with Crippen molar-refractivity contribution in [2.24, 2.45) is 0 Å². The SMILES string of the molecule is CC(C)(Oc1ccc(C(F)(F)F)cc1Cl)C(=O)NC1CC2CCC(C1)N2c1ccc(C(=O)NCC(F)(F)F)cn1. The number of amides is 2. The van der Waals surface area contributed by atoms with Crippen LogP contribution in [0.4, 0.5) is 32.2 Å². The predicted molar refractivity (Wildman–Crippen MR) is 134 cm³/mol. The Hall–Kier alpha value is -3.22. The number of nitrogens with one attached hydrogen (secondary N) is 2. The molecule has 0 saturated carbocycles. The Morgan fingerprint density at radius 2 is 1.70 bits per heavy atom. The Labute approximate surface area is 231 Å². The van der Waals surface area contributed by atoms with E-state index in [1.165, 1.54) is 26.1 Å². The molecule has 2 saturated heterocycles. The highest BCUT2D eigenvalue weighted by atomic mass is 35.5. The van der Waals surface area contributed by atoms with Gasteiger partial charge in [-0.3, -0.25) is 9.59 Å². The molecule has 2 unspecified atom stereocenters. The third-order valence-electron chi connectivity index (χ3n) is 6.96. The number of anilines is 1. The minimum Gasteiger partial charge on any atom is -0.476 e. The molecule has 2 bridgehead atoms. The van der Waals surface area contributed by atoms with Gasteiger partial charge in [0.1, 0.15) is 18.1 Å². The summed E-state index contributed by atoms with van der Waals surface area (Å²) in [5.41, 5.74) is -2.34. The lowest BCUT2D eigenvalue weighted by molar-refractivity contribution is -0.138. The van der Waals surface area contributed by atoms with Crippen molar-refractivity contribution in [3.63, 3.8) is 0 Å². The molecule has 14 heteroatoms. The minimum atomic E-state index is -4.56. The fourth-order valence-corrected chi connectivity index (χ4v) is 5.28. The standard InChI is InChI=1S/C26H27ClF6N4O3/c1-24(2,40-20-7-4-15(9-19(20)27)26(31,32)33)23(39)36-16-10-17-5-6-18(11-16)37(17)21-8-3-14(12-34-21)22(38)35-13-25(28,29)30/h3-4,7-9,12,16-18H,5-6,10-11,13H2,1-2H3,(H,35,38)(H,36,39). The van der Waals surface area contributed by atoms with E-state index in [2.05, 4.69) is 15.2 Å². The molecule has 2 aromatic rings. The molecular weight excluding hydrogens is 566 g/mol. The van der Waals surface area contributed by atoms with Crippen LogP contribution in [0, 0.1) is 0 Å². The highest BCUT2D eigenvalue weighted by Gasteiger charge is 2.43. The first-order chi connectivity index (χ1) is 18.5. The summed E-state index contributed by atoms with van der Waals surface area (Å²) in [5, 5.41) is 4.52. The number of pyridine rings is 1. The van der Waals surface area contributed by atoms with Crippen LogP contribution in [0.2, 0.25) is 5.02 Å². The quantitative estimate of drug-likeness (QED) is 0.414. The van der Waals surface area contributed by atoms with Crippen molar-refractivity contribution < 1.29 is 40.7 Å². The zero-order valence-electron chi connectivity index (χ0n) is 21.5. The molecule has 0 radical (unpaired) electrons. The second-order valence-corrected chi connectivity index (χ2v) is 10.8. The number of hydrogen-bond acceptors (Lipinski definition) is 5. The van der Waals surface area contributed by atoms with E-state index in [0.29, 0.717) is 18.7 Å². The number of ether oxygens (including phenoxy) is 1. The van der Waals surface area contributed by atoms with Crippen LogP contribution in [-0.2, 0) is 11.0 Å². The first-order valence-corrected chi connectivity index (χ1v) is 12.9. The molecule has 2 aliphatic heterocycles. The number of alkyl halides is 6. The molecule has 1 aromatic heterocycles. The molecule has 2 aliphatic rings. The molecule has 1 aromatic carbocycles. The summed E-state index contributed by atoms with van der Waals surface area (Å²) < 4.78 is 81.6.